The number of hydrogen-bond donors (Lipinski definition) is 3. The van der Waals surface area contributed by atoms with Gasteiger partial charge in [0, 0.05) is 24.3 Å². The number of nitrogens with one attached hydrogen (secondary N) is 2. The van der Waals surface area contributed by atoms with Crippen LogP contribution in [0.25, 0.3) is 0 Å². The molecule has 1 saturated heterocycles. The molecule has 2 rings (SSSR count). The molecule has 0 radical (unpaired) electrons. The van der Waals surface area contributed by atoms with Gasteiger partial charge < -0.3 is 21.1 Å². The summed E-state index contributed by atoms with van der Waals surface area (Å²) < 4.78 is 44.0. The maximum absolute atomic E-state index is 14.0. The zero-order valence-electron chi connectivity index (χ0n) is 11.1. The summed E-state index contributed by atoms with van der Waals surface area (Å²) in [5.74, 6) is -0.453. The molecule has 1 aliphatic rings. The fraction of sp³-hybridized carbons (Fsp3) is 0.538. The molecule has 112 valence electrons. The molecule has 1 heterocycles. The Bertz CT molecular complexity index is 472. The van der Waals surface area contributed by atoms with Crippen LogP contribution in [0.1, 0.15) is 12.5 Å². The second-order valence-electron chi connectivity index (χ2n) is 4.98. The van der Waals surface area contributed by atoms with Gasteiger partial charge in [-0.3, -0.25) is 0 Å². The minimum Gasteiger partial charge on any atom is -0.379 e. The summed E-state index contributed by atoms with van der Waals surface area (Å²) in [4.78, 5) is 0. The quantitative estimate of drug-likeness (QED) is 0.788. The molecular weight excluding hydrogens is 271 g/mol. The van der Waals surface area contributed by atoms with Gasteiger partial charge >= 0.3 is 0 Å². The molecule has 4 nitrogen and oxygen atoms in total. The van der Waals surface area contributed by atoms with E-state index in [1.165, 1.54) is 18.2 Å². The van der Waals surface area contributed by atoms with Gasteiger partial charge in [-0.05, 0) is 25.1 Å². The van der Waals surface area contributed by atoms with E-state index in [4.69, 9.17) is 10.5 Å². The number of halogens is 3. The lowest BCUT2D eigenvalue weighted by molar-refractivity contribution is -0.109. The minimum atomic E-state index is -2.47. The molecule has 20 heavy (non-hydrogen) atoms. The smallest absolute Gasteiger partial charge is 0.255 e. The Balaban J connectivity index is 2.23. The minimum absolute atomic E-state index is 0.291. The van der Waals surface area contributed by atoms with Crippen LogP contribution < -0.4 is 16.4 Å². The molecule has 2 atom stereocenters. The number of alkyl halides is 2. The van der Waals surface area contributed by atoms with E-state index < -0.39 is 30.6 Å². The monoisotopic (exact) mass is 289 g/mol. The Kier molecular flexibility index (Phi) is 4.52. The average Bonchev–Trinajstić information content (AvgIpc) is 2.37. The van der Waals surface area contributed by atoms with Gasteiger partial charge in [0.05, 0.1) is 6.54 Å². The molecule has 0 spiro atoms. The number of ether oxygens (including phenoxy) is 1. The van der Waals surface area contributed by atoms with Gasteiger partial charge in [0.25, 0.3) is 6.43 Å². The first-order valence-corrected chi connectivity index (χ1v) is 6.37. The number of nitrogens with two attached hydrogens (primary N) is 1. The van der Waals surface area contributed by atoms with Gasteiger partial charge in [0.2, 0.25) is 0 Å². The predicted molar refractivity (Wildman–Crippen MR) is 70.2 cm³/mol. The maximum atomic E-state index is 14.0. The van der Waals surface area contributed by atoms with Gasteiger partial charge in [0.15, 0.2) is 0 Å². The van der Waals surface area contributed by atoms with Crippen LogP contribution in [0.5, 0.6) is 0 Å². The van der Waals surface area contributed by atoms with Crippen LogP contribution in [0.4, 0.5) is 18.9 Å². The van der Waals surface area contributed by atoms with Crippen LogP contribution in [0.2, 0.25) is 0 Å². The summed E-state index contributed by atoms with van der Waals surface area (Å²) >= 11 is 0. The van der Waals surface area contributed by atoms with E-state index in [9.17, 15) is 13.2 Å². The van der Waals surface area contributed by atoms with Crippen molar-refractivity contribution in [1.82, 2.24) is 5.32 Å². The summed E-state index contributed by atoms with van der Waals surface area (Å²) in [5, 5.41) is 5.62. The summed E-state index contributed by atoms with van der Waals surface area (Å²) in [6.07, 6.45) is -3.01. The molecule has 0 amide bonds. The highest BCUT2D eigenvalue weighted by Crippen LogP contribution is 2.31. The Morgan fingerprint density at radius 2 is 2.30 bits per heavy atom. The molecule has 7 heteroatoms. The third-order valence-electron chi connectivity index (χ3n) is 3.22. The van der Waals surface area contributed by atoms with Crippen molar-refractivity contribution in [3.05, 3.63) is 29.6 Å². The van der Waals surface area contributed by atoms with Gasteiger partial charge in [-0.15, -0.1) is 0 Å². The normalized spacial score (nSPS) is 26.8. The van der Waals surface area contributed by atoms with Crippen molar-refractivity contribution in [2.45, 2.75) is 25.2 Å². The van der Waals surface area contributed by atoms with Crippen molar-refractivity contribution in [1.29, 1.82) is 0 Å². The molecular formula is C13H18F3N3O. The number of morpholine rings is 1. The molecule has 1 aliphatic heterocycles. The highest BCUT2D eigenvalue weighted by Gasteiger charge is 2.35. The van der Waals surface area contributed by atoms with Crippen LogP contribution in [-0.2, 0) is 10.3 Å². The first-order chi connectivity index (χ1) is 9.40. The van der Waals surface area contributed by atoms with E-state index in [0.29, 0.717) is 24.3 Å². The molecule has 1 aromatic rings. The molecule has 1 unspecified atom stereocenters. The molecule has 4 N–H and O–H groups in total. The van der Waals surface area contributed by atoms with E-state index in [2.05, 4.69) is 10.6 Å². The fourth-order valence-electron chi connectivity index (χ4n) is 2.26. The molecule has 0 aliphatic carbocycles. The van der Waals surface area contributed by atoms with Gasteiger partial charge in [-0.1, -0.05) is 0 Å². The number of anilines is 1. The summed E-state index contributed by atoms with van der Waals surface area (Å²) in [7, 11) is 0. The second-order valence-corrected chi connectivity index (χ2v) is 4.98. The number of benzene rings is 1. The number of hydrogen-bond acceptors (Lipinski definition) is 4. The van der Waals surface area contributed by atoms with Gasteiger partial charge in [-0.2, -0.15) is 0 Å². The predicted octanol–water partition coefficient (Wildman–Crippen LogP) is 1.62. The molecule has 0 bridgehead atoms. The van der Waals surface area contributed by atoms with Crippen molar-refractivity contribution in [3.8, 4) is 0 Å². The largest absolute Gasteiger partial charge is 0.379 e. The van der Waals surface area contributed by atoms with E-state index in [1.54, 1.807) is 6.92 Å². The maximum Gasteiger partial charge on any atom is 0.255 e. The van der Waals surface area contributed by atoms with E-state index in [0.717, 1.165) is 0 Å². The van der Waals surface area contributed by atoms with Crippen LogP contribution in [-0.4, -0.2) is 32.3 Å². The second kappa shape index (κ2) is 5.99. The average molecular weight is 289 g/mol. The van der Waals surface area contributed by atoms with Crippen LogP contribution in [0.3, 0.4) is 0 Å². The summed E-state index contributed by atoms with van der Waals surface area (Å²) in [6.45, 7) is 2.12. The van der Waals surface area contributed by atoms with Crippen molar-refractivity contribution < 1.29 is 17.9 Å². The first-order valence-electron chi connectivity index (χ1n) is 6.37. The van der Waals surface area contributed by atoms with E-state index in [1.807, 2.05) is 0 Å². The standard InChI is InChI=1S/C13H18F3N3O/c1-13(7-18-6-12(17)20-13)9-4-8(2-3-10(9)14)19-5-11(15)16/h2-4,11-12,18-19H,5-7,17H2,1H3/t12-,13?/m1/s1. The van der Waals surface area contributed by atoms with Crippen molar-refractivity contribution >= 4 is 5.69 Å². The van der Waals surface area contributed by atoms with Crippen molar-refractivity contribution in [2.75, 3.05) is 25.0 Å². The van der Waals surface area contributed by atoms with Crippen molar-refractivity contribution in [3.63, 3.8) is 0 Å². The lowest BCUT2D eigenvalue weighted by Gasteiger charge is -2.38. The van der Waals surface area contributed by atoms with Crippen LogP contribution >= 0.6 is 0 Å². The zero-order valence-corrected chi connectivity index (χ0v) is 11.1. The first kappa shape index (κ1) is 15.1. The highest BCUT2D eigenvalue weighted by molar-refractivity contribution is 5.48. The highest BCUT2D eigenvalue weighted by atomic mass is 19.3. The SMILES string of the molecule is CC1(c2cc(NCC(F)F)ccc2F)CNC[C@H](N)O1. The van der Waals surface area contributed by atoms with Gasteiger partial charge in [-0.25, -0.2) is 13.2 Å². The lowest BCUT2D eigenvalue weighted by atomic mass is 9.93. The van der Waals surface area contributed by atoms with Crippen LogP contribution in [0, 0.1) is 5.82 Å². The van der Waals surface area contributed by atoms with Crippen LogP contribution in [0.15, 0.2) is 18.2 Å². The molecule has 1 fully saturated rings. The fourth-order valence-corrected chi connectivity index (χ4v) is 2.26. The van der Waals surface area contributed by atoms with Crippen molar-refractivity contribution in [2.24, 2.45) is 5.73 Å². The van der Waals surface area contributed by atoms with Gasteiger partial charge in [0.1, 0.15) is 17.6 Å². The molecule has 1 aromatic carbocycles. The molecule has 0 aromatic heterocycles. The Hall–Kier alpha value is -1.31. The number of rotatable bonds is 4. The summed E-state index contributed by atoms with van der Waals surface area (Å²) in [5.41, 5.74) is 5.50. The van der Waals surface area contributed by atoms with E-state index in [-0.39, 0.29) is 0 Å². The Labute approximate surface area is 115 Å². The topological polar surface area (TPSA) is 59.3 Å². The Morgan fingerprint density at radius 1 is 1.55 bits per heavy atom. The third kappa shape index (κ3) is 3.41. The zero-order chi connectivity index (χ0) is 14.8. The van der Waals surface area contributed by atoms with E-state index >= 15 is 0 Å². The Morgan fingerprint density at radius 3 is 2.95 bits per heavy atom. The third-order valence-corrected chi connectivity index (χ3v) is 3.22. The summed E-state index contributed by atoms with van der Waals surface area (Å²) in [6, 6.07) is 4.13. The molecule has 0 saturated carbocycles. The lowest BCUT2D eigenvalue weighted by Crippen LogP contribution is -2.53.